The fraction of sp³-hybridized carbons (Fsp3) is 0.156. The number of hydrogen-bond acceptors (Lipinski definition) is 5. The first-order valence-electron chi connectivity index (χ1n) is 12.8. The van der Waals surface area contributed by atoms with Crippen molar-refractivity contribution < 1.29 is 0 Å². The number of hydrogen-bond donors (Lipinski definition) is 0. The molecule has 2 bridgehead atoms. The highest BCUT2D eigenvalue weighted by atomic mass is 15.4. The maximum absolute atomic E-state index is 4.46. The van der Waals surface area contributed by atoms with Crippen LogP contribution in [0.2, 0.25) is 0 Å². The lowest BCUT2D eigenvalue weighted by Gasteiger charge is -2.51. The number of benzene rings is 2. The second kappa shape index (κ2) is 9.17. The Bertz CT molecular complexity index is 1440. The van der Waals surface area contributed by atoms with E-state index >= 15 is 0 Å². The van der Waals surface area contributed by atoms with Crippen LogP contribution < -0.4 is 9.80 Å². The third-order valence-electron chi connectivity index (χ3n) is 7.42. The van der Waals surface area contributed by atoms with Crippen molar-refractivity contribution in [2.45, 2.75) is 32.1 Å². The number of rotatable bonds is 5. The Hall–Kier alpha value is -4.51. The van der Waals surface area contributed by atoms with Gasteiger partial charge in [0.25, 0.3) is 0 Å². The van der Waals surface area contributed by atoms with Gasteiger partial charge in [-0.2, -0.15) is 0 Å². The van der Waals surface area contributed by atoms with Crippen molar-refractivity contribution >= 4 is 11.4 Å². The summed E-state index contributed by atoms with van der Waals surface area (Å²) in [6.45, 7) is 1.72. The van der Waals surface area contributed by atoms with Crippen LogP contribution >= 0.6 is 0 Å². The number of pyridine rings is 3. The van der Waals surface area contributed by atoms with Gasteiger partial charge >= 0.3 is 0 Å². The summed E-state index contributed by atoms with van der Waals surface area (Å²) in [5, 5.41) is 0. The van der Waals surface area contributed by atoms with Gasteiger partial charge in [-0.05, 0) is 76.6 Å². The molecule has 180 valence electrons. The SMILES string of the molecule is c1cncc(Cc2ccc3c(c2)CN2c4ccc(Cc5cccnc5)cc4CN3C2c2cccnc2)c1. The molecule has 0 amide bonds. The molecule has 7 rings (SSSR count). The van der Waals surface area contributed by atoms with E-state index in [0.717, 1.165) is 25.9 Å². The Morgan fingerprint density at radius 3 is 1.54 bits per heavy atom. The van der Waals surface area contributed by atoms with E-state index in [2.05, 4.69) is 79.3 Å². The predicted molar refractivity (Wildman–Crippen MR) is 146 cm³/mol. The van der Waals surface area contributed by atoms with Gasteiger partial charge in [0.15, 0.2) is 0 Å². The Morgan fingerprint density at radius 1 is 0.568 bits per heavy atom. The average Bonchev–Trinajstić information content (AvgIpc) is 2.94. The summed E-state index contributed by atoms with van der Waals surface area (Å²) in [7, 11) is 0. The fourth-order valence-electron chi connectivity index (χ4n) is 5.82. The molecule has 0 aliphatic carbocycles. The highest BCUT2D eigenvalue weighted by Crippen LogP contribution is 2.47. The second-order valence-electron chi connectivity index (χ2n) is 9.92. The highest BCUT2D eigenvalue weighted by molar-refractivity contribution is 5.71. The number of nitrogens with zero attached hydrogens (tertiary/aromatic N) is 5. The Balaban J connectivity index is 1.27. The second-order valence-corrected chi connectivity index (χ2v) is 9.92. The fourth-order valence-corrected chi connectivity index (χ4v) is 5.82. The first-order valence-corrected chi connectivity index (χ1v) is 12.8. The van der Waals surface area contributed by atoms with Crippen LogP contribution in [0.25, 0.3) is 0 Å². The maximum Gasteiger partial charge on any atom is 0.130 e. The van der Waals surface area contributed by atoms with Gasteiger partial charge in [0.2, 0.25) is 0 Å². The zero-order chi connectivity index (χ0) is 24.6. The molecule has 0 radical (unpaired) electrons. The van der Waals surface area contributed by atoms with Crippen molar-refractivity contribution in [3.05, 3.63) is 149 Å². The van der Waals surface area contributed by atoms with E-state index in [0.29, 0.717) is 0 Å². The van der Waals surface area contributed by atoms with Crippen LogP contribution in [0, 0.1) is 0 Å². The van der Waals surface area contributed by atoms with E-state index in [1.165, 1.54) is 50.3 Å². The van der Waals surface area contributed by atoms with Crippen molar-refractivity contribution in [3.8, 4) is 0 Å². The molecule has 0 fully saturated rings. The van der Waals surface area contributed by atoms with Crippen LogP contribution in [0.3, 0.4) is 0 Å². The van der Waals surface area contributed by atoms with Gasteiger partial charge in [-0.15, -0.1) is 0 Å². The maximum atomic E-state index is 4.46. The molecule has 0 saturated carbocycles. The lowest BCUT2D eigenvalue weighted by Crippen LogP contribution is -2.49. The van der Waals surface area contributed by atoms with Gasteiger partial charge in [-0.3, -0.25) is 15.0 Å². The lowest BCUT2D eigenvalue weighted by atomic mass is 9.92. The monoisotopic (exact) mass is 481 g/mol. The van der Waals surface area contributed by atoms with Gasteiger partial charge in [-0.1, -0.05) is 42.5 Å². The van der Waals surface area contributed by atoms with E-state index in [-0.39, 0.29) is 6.17 Å². The first-order chi connectivity index (χ1) is 18.3. The number of aromatic nitrogens is 3. The third kappa shape index (κ3) is 4.12. The Labute approximate surface area is 217 Å². The molecule has 0 saturated heterocycles. The molecule has 3 aromatic heterocycles. The van der Waals surface area contributed by atoms with Crippen molar-refractivity contribution in [2.24, 2.45) is 0 Å². The van der Waals surface area contributed by atoms with Gasteiger partial charge in [0, 0.05) is 67.2 Å². The summed E-state index contributed by atoms with van der Waals surface area (Å²) in [4.78, 5) is 18.1. The molecule has 0 atom stereocenters. The minimum atomic E-state index is 0.127. The van der Waals surface area contributed by atoms with Crippen LogP contribution in [0.15, 0.2) is 110 Å². The third-order valence-corrected chi connectivity index (χ3v) is 7.42. The quantitative estimate of drug-likeness (QED) is 0.304. The molecule has 2 aromatic carbocycles. The molecule has 5 heterocycles. The van der Waals surface area contributed by atoms with Gasteiger partial charge in [0.1, 0.15) is 6.17 Å². The summed E-state index contributed by atoms with van der Waals surface area (Å²) in [6, 6.07) is 26.5. The Morgan fingerprint density at radius 2 is 1.08 bits per heavy atom. The molecule has 0 N–H and O–H groups in total. The molecular weight excluding hydrogens is 454 g/mol. The highest BCUT2D eigenvalue weighted by Gasteiger charge is 2.38. The summed E-state index contributed by atoms with van der Waals surface area (Å²) < 4.78 is 0. The largest absolute Gasteiger partial charge is 0.343 e. The van der Waals surface area contributed by atoms with Crippen molar-refractivity contribution in [2.75, 3.05) is 9.80 Å². The number of fused-ring (bicyclic) bond motifs is 6. The average molecular weight is 482 g/mol. The topological polar surface area (TPSA) is 45.2 Å². The molecule has 0 unspecified atom stereocenters. The van der Waals surface area contributed by atoms with E-state index in [1.54, 1.807) is 0 Å². The minimum Gasteiger partial charge on any atom is -0.343 e. The summed E-state index contributed by atoms with van der Waals surface area (Å²) in [5.74, 6) is 0. The minimum absolute atomic E-state index is 0.127. The summed E-state index contributed by atoms with van der Waals surface area (Å²) >= 11 is 0. The summed E-state index contributed by atoms with van der Waals surface area (Å²) in [5.41, 5.74) is 11.7. The van der Waals surface area contributed by atoms with Gasteiger partial charge in [0.05, 0.1) is 0 Å². The van der Waals surface area contributed by atoms with Crippen LogP contribution in [0.1, 0.15) is 45.1 Å². The van der Waals surface area contributed by atoms with Crippen molar-refractivity contribution in [3.63, 3.8) is 0 Å². The van der Waals surface area contributed by atoms with E-state index in [1.807, 2.05) is 55.4 Å². The zero-order valence-corrected chi connectivity index (χ0v) is 20.5. The van der Waals surface area contributed by atoms with Crippen LogP contribution in [0.4, 0.5) is 11.4 Å². The van der Waals surface area contributed by atoms with Gasteiger partial charge < -0.3 is 9.80 Å². The molecule has 0 spiro atoms. The van der Waals surface area contributed by atoms with Crippen molar-refractivity contribution in [1.29, 1.82) is 0 Å². The van der Waals surface area contributed by atoms with E-state index < -0.39 is 0 Å². The number of anilines is 2. The molecule has 5 nitrogen and oxygen atoms in total. The van der Waals surface area contributed by atoms with E-state index in [4.69, 9.17) is 0 Å². The predicted octanol–water partition coefficient (Wildman–Crippen LogP) is 6.09. The standard InChI is InChI=1S/C32H27N5/c1-4-25(18-33-11-1)14-23-7-9-30-28(16-23)21-36-31-10-8-24(15-26-5-2-12-34-19-26)17-29(31)22-37(30)32(36)27-6-3-13-35-20-27/h1-13,16-20,32H,14-15,21-22H2. The van der Waals surface area contributed by atoms with E-state index in [9.17, 15) is 0 Å². The molecule has 5 aromatic rings. The molecular formula is C32H27N5. The Kier molecular flexibility index (Phi) is 5.39. The summed E-state index contributed by atoms with van der Waals surface area (Å²) in [6.07, 6.45) is 13.3. The molecule has 37 heavy (non-hydrogen) atoms. The van der Waals surface area contributed by atoms with Gasteiger partial charge in [-0.25, -0.2) is 0 Å². The lowest BCUT2D eigenvalue weighted by molar-refractivity contribution is 0.517. The normalized spacial score (nSPS) is 14.3. The van der Waals surface area contributed by atoms with Crippen LogP contribution in [0.5, 0.6) is 0 Å². The van der Waals surface area contributed by atoms with Crippen LogP contribution in [-0.4, -0.2) is 15.0 Å². The van der Waals surface area contributed by atoms with Crippen molar-refractivity contribution in [1.82, 2.24) is 15.0 Å². The zero-order valence-electron chi connectivity index (χ0n) is 20.5. The molecule has 5 heteroatoms. The molecule has 2 aliphatic heterocycles. The van der Waals surface area contributed by atoms with Crippen LogP contribution in [-0.2, 0) is 25.9 Å². The smallest absolute Gasteiger partial charge is 0.130 e. The molecule has 2 aliphatic rings. The first kappa shape index (κ1) is 21.7.